The molecule has 0 radical (unpaired) electrons. The minimum atomic E-state index is 0.662. The van der Waals surface area contributed by atoms with Crippen molar-refractivity contribution in [1.82, 2.24) is 5.32 Å². The van der Waals surface area contributed by atoms with Crippen molar-refractivity contribution in [3.05, 3.63) is 0 Å². The van der Waals surface area contributed by atoms with Crippen LogP contribution in [0, 0.1) is 11.8 Å². The molecule has 0 saturated carbocycles. The van der Waals surface area contributed by atoms with Gasteiger partial charge in [-0.3, -0.25) is 0 Å². The zero-order chi connectivity index (χ0) is 12.9. The van der Waals surface area contributed by atoms with Crippen molar-refractivity contribution in [2.24, 2.45) is 17.6 Å². The number of rotatable bonds is 12. The second kappa shape index (κ2) is 12.4. The van der Waals surface area contributed by atoms with Crippen molar-refractivity contribution in [1.29, 1.82) is 0 Å². The van der Waals surface area contributed by atoms with Gasteiger partial charge in [0, 0.05) is 0 Å². The average Bonchev–Trinajstić information content (AvgIpc) is 2.30. The van der Waals surface area contributed by atoms with Gasteiger partial charge in [0.05, 0.1) is 0 Å². The number of nitrogens with one attached hydrogen (secondary N) is 1. The molecular weight excluding hydrogens is 208 g/mol. The molecule has 0 aliphatic carbocycles. The first-order valence-corrected chi connectivity index (χ1v) is 7.61. The number of hydrogen-bond donors (Lipinski definition) is 2. The summed E-state index contributed by atoms with van der Waals surface area (Å²) in [6.07, 6.45) is 9.51. The highest BCUT2D eigenvalue weighted by molar-refractivity contribution is 4.65. The highest BCUT2D eigenvalue weighted by atomic mass is 14.9. The van der Waals surface area contributed by atoms with E-state index in [0.717, 1.165) is 19.0 Å². The lowest BCUT2D eigenvalue weighted by atomic mass is 9.97. The smallest absolute Gasteiger partial charge is 0.000836 e. The van der Waals surface area contributed by atoms with Gasteiger partial charge in [-0.1, -0.05) is 52.9 Å². The molecule has 0 aliphatic rings. The van der Waals surface area contributed by atoms with Gasteiger partial charge in [-0.25, -0.2) is 0 Å². The van der Waals surface area contributed by atoms with Gasteiger partial charge in [-0.05, 0) is 44.3 Å². The lowest BCUT2D eigenvalue weighted by Crippen LogP contribution is -2.29. The van der Waals surface area contributed by atoms with Crippen LogP contribution in [-0.4, -0.2) is 19.6 Å². The average molecular weight is 242 g/mol. The monoisotopic (exact) mass is 242 g/mol. The first-order chi connectivity index (χ1) is 8.20. The number of nitrogens with two attached hydrogens (primary N) is 1. The number of unbranched alkanes of at least 4 members (excludes halogenated alkanes) is 5. The van der Waals surface area contributed by atoms with Crippen LogP contribution in [0.5, 0.6) is 0 Å². The van der Waals surface area contributed by atoms with Crippen molar-refractivity contribution < 1.29 is 0 Å². The molecule has 17 heavy (non-hydrogen) atoms. The Morgan fingerprint density at radius 2 is 1.65 bits per heavy atom. The summed E-state index contributed by atoms with van der Waals surface area (Å²) < 4.78 is 0. The maximum atomic E-state index is 5.78. The molecule has 0 saturated heterocycles. The Balaban J connectivity index is 3.25. The highest BCUT2D eigenvalue weighted by Gasteiger charge is 2.07. The summed E-state index contributed by atoms with van der Waals surface area (Å²) >= 11 is 0. The van der Waals surface area contributed by atoms with E-state index < -0.39 is 0 Å². The summed E-state index contributed by atoms with van der Waals surface area (Å²) in [6.45, 7) is 9.90. The van der Waals surface area contributed by atoms with Gasteiger partial charge in [0.15, 0.2) is 0 Å². The van der Waals surface area contributed by atoms with Crippen LogP contribution < -0.4 is 11.1 Å². The van der Waals surface area contributed by atoms with Gasteiger partial charge < -0.3 is 11.1 Å². The standard InChI is InChI=1S/C15H34N2/c1-4-5-6-7-8-9-10-17-13-15(12-16)11-14(2)3/h14-15,17H,4-13,16H2,1-3H3. The van der Waals surface area contributed by atoms with Crippen LogP contribution in [0.4, 0.5) is 0 Å². The van der Waals surface area contributed by atoms with Crippen LogP contribution in [-0.2, 0) is 0 Å². The maximum Gasteiger partial charge on any atom is -0.000836 e. The molecule has 1 unspecified atom stereocenters. The van der Waals surface area contributed by atoms with Gasteiger partial charge in [-0.2, -0.15) is 0 Å². The Morgan fingerprint density at radius 3 is 2.24 bits per heavy atom. The molecule has 0 aromatic rings. The maximum absolute atomic E-state index is 5.78. The molecule has 2 nitrogen and oxygen atoms in total. The molecule has 2 heteroatoms. The zero-order valence-electron chi connectivity index (χ0n) is 12.3. The Labute approximate surface area is 109 Å². The molecule has 0 fully saturated rings. The van der Waals surface area contributed by atoms with E-state index in [1.165, 1.54) is 51.5 Å². The Hall–Kier alpha value is -0.0800. The Morgan fingerprint density at radius 1 is 1.00 bits per heavy atom. The fourth-order valence-corrected chi connectivity index (χ4v) is 2.27. The first-order valence-electron chi connectivity index (χ1n) is 7.61. The quantitative estimate of drug-likeness (QED) is 0.514. The largest absolute Gasteiger partial charge is 0.330 e. The second-order valence-electron chi connectivity index (χ2n) is 5.70. The molecule has 1 atom stereocenters. The molecule has 0 rings (SSSR count). The molecule has 0 spiro atoms. The molecule has 0 heterocycles. The Kier molecular flexibility index (Phi) is 12.3. The number of hydrogen-bond acceptors (Lipinski definition) is 2. The van der Waals surface area contributed by atoms with E-state index in [2.05, 4.69) is 26.1 Å². The molecule has 0 aromatic heterocycles. The van der Waals surface area contributed by atoms with E-state index in [1.807, 2.05) is 0 Å². The fourth-order valence-electron chi connectivity index (χ4n) is 2.27. The second-order valence-corrected chi connectivity index (χ2v) is 5.70. The van der Waals surface area contributed by atoms with Crippen molar-refractivity contribution in [3.8, 4) is 0 Å². The van der Waals surface area contributed by atoms with Crippen molar-refractivity contribution in [2.75, 3.05) is 19.6 Å². The van der Waals surface area contributed by atoms with E-state index in [1.54, 1.807) is 0 Å². The van der Waals surface area contributed by atoms with Crippen LogP contribution in [0.15, 0.2) is 0 Å². The minimum absolute atomic E-state index is 0.662. The lowest BCUT2D eigenvalue weighted by Gasteiger charge is -2.17. The fraction of sp³-hybridized carbons (Fsp3) is 1.00. The van der Waals surface area contributed by atoms with Crippen LogP contribution >= 0.6 is 0 Å². The van der Waals surface area contributed by atoms with E-state index in [0.29, 0.717) is 5.92 Å². The molecular formula is C15H34N2. The SMILES string of the molecule is CCCCCCCCNCC(CN)CC(C)C. The van der Waals surface area contributed by atoms with Gasteiger partial charge in [0.1, 0.15) is 0 Å². The van der Waals surface area contributed by atoms with Crippen LogP contribution in [0.25, 0.3) is 0 Å². The summed E-state index contributed by atoms with van der Waals surface area (Å²) in [5.74, 6) is 1.43. The third-order valence-electron chi connectivity index (χ3n) is 3.28. The normalized spacial score (nSPS) is 13.2. The highest BCUT2D eigenvalue weighted by Crippen LogP contribution is 2.09. The molecule has 3 N–H and O–H groups in total. The summed E-state index contributed by atoms with van der Waals surface area (Å²) in [5.41, 5.74) is 5.78. The molecule has 0 aliphatic heterocycles. The summed E-state index contributed by atoms with van der Waals surface area (Å²) in [4.78, 5) is 0. The van der Waals surface area contributed by atoms with Crippen molar-refractivity contribution >= 4 is 0 Å². The lowest BCUT2D eigenvalue weighted by molar-refractivity contribution is 0.392. The van der Waals surface area contributed by atoms with E-state index in [9.17, 15) is 0 Å². The van der Waals surface area contributed by atoms with Gasteiger partial charge >= 0.3 is 0 Å². The van der Waals surface area contributed by atoms with Crippen molar-refractivity contribution in [3.63, 3.8) is 0 Å². The predicted molar refractivity (Wildman–Crippen MR) is 78.2 cm³/mol. The zero-order valence-corrected chi connectivity index (χ0v) is 12.3. The third kappa shape index (κ3) is 12.2. The third-order valence-corrected chi connectivity index (χ3v) is 3.28. The molecule has 0 aromatic carbocycles. The Bertz CT molecular complexity index is 146. The van der Waals surface area contributed by atoms with E-state index in [4.69, 9.17) is 5.73 Å². The minimum Gasteiger partial charge on any atom is -0.330 e. The molecule has 0 bridgehead atoms. The van der Waals surface area contributed by atoms with Crippen LogP contribution in [0.1, 0.15) is 65.7 Å². The van der Waals surface area contributed by atoms with Gasteiger partial charge in [0.25, 0.3) is 0 Å². The molecule has 104 valence electrons. The van der Waals surface area contributed by atoms with Gasteiger partial charge in [0.2, 0.25) is 0 Å². The van der Waals surface area contributed by atoms with E-state index >= 15 is 0 Å². The van der Waals surface area contributed by atoms with Crippen LogP contribution in [0.2, 0.25) is 0 Å². The molecule has 0 amide bonds. The summed E-state index contributed by atoms with van der Waals surface area (Å²) in [6, 6.07) is 0. The first kappa shape index (κ1) is 16.9. The summed E-state index contributed by atoms with van der Waals surface area (Å²) in [5, 5.41) is 3.55. The summed E-state index contributed by atoms with van der Waals surface area (Å²) in [7, 11) is 0. The predicted octanol–water partition coefficient (Wildman–Crippen LogP) is 3.56. The van der Waals surface area contributed by atoms with E-state index in [-0.39, 0.29) is 0 Å². The topological polar surface area (TPSA) is 38.0 Å². The van der Waals surface area contributed by atoms with Crippen LogP contribution in [0.3, 0.4) is 0 Å². The van der Waals surface area contributed by atoms with Gasteiger partial charge in [-0.15, -0.1) is 0 Å². The van der Waals surface area contributed by atoms with Crippen molar-refractivity contribution in [2.45, 2.75) is 65.7 Å².